The first-order valence-electron chi connectivity index (χ1n) is 5.10. The Kier molecular flexibility index (Phi) is 5.33. The molecular formula is C11H21NO3. The third-order valence-electron chi connectivity index (χ3n) is 2.02. The van der Waals surface area contributed by atoms with Crippen LogP contribution in [0.25, 0.3) is 0 Å². The summed E-state index contributed by atoms with van der Waals surface area (Å²) in [4.78, 5) is 23.4. The molecule has 0 saturated carbocycles. The number of hydrogen-bond donors (Lipinski definition) is 0. The molecule has 0 aromatic carbocycles. The normalized spacial score (nSPS) is 11.0. The lowest BCUT2D eigenvalue weighted by molar-refractivity contribution is -0.148. The number of likely N-dealkylation sites (N-methyl/N-ethyl adjacent to an activating group) is 1. The van der Waals surface area contributed by atoms with Gasteiger partial charge in [-0.2, -0.15) is 0 Å². The van der Waals surface area contributed by atoms with Gasteiger partial charge in [-0.15, -0.1) is 0 Å². The molecule has 0 aliphatic rings. The molecule has 0 atom stereocenters. The summed E-state index contributed by atoms with van der Waals surface area (Å²) in [5.74, 6) is -0.486. The number of carbonyl (C=O) groups excluding carboxylic acids is 2. The van der Waals surface area contributed by atoms with Crippen LogP contribution in [-0.2, 0) is 14.3 Å². The van der Waals surface area contributed by atoms with Crippen LogP contribution in [0.5, 0.6) is 0 Å². The third kappa shape index (κ3) is 7.97. The van der Waals surface area contributed by atoms with Crippen molar-refractivity contribution in [3.63, 3.8) is 0 Å². The van der Waals surface area contributed by atoms with Crippen LogP contribution in [0.15, 0.2) is 0 Å². The predicted octanol–water partition coefficient (Wildman–Crippen LogP) is 1.44. The van der Waals surface area contributed by atoms with Gasteiger partial charge in [-0.05, 0) is 11.8 Å². The number of hydrogen-bond acceptors (Lipinski definition) is 3. The van der Waals surface area contributed by atoms with E-state index in [0.29, 0.717) is 6.61 Å². The predicted molar refractivity (Wildman–Crippen MR) is 58.3 cm³/mol. The van der Waals surface area contributed by atoms with Crippen LogP contribution in [0.3, 0.4) is 0 Å². The minimum atomic E-state index is -0.350. The standard InChI is InChI=1S/C11H21NO3/c1-9(13)12(5)8-10(14)15-7-6-11(2,3)4/h6-8H2,1-5H3. The van der Waals surface area contributed by atoms with Crippen LogP contribution in [0, 0.1) is 5.41 Å². The van der Waals surface area contributed by atoms with Crippen molar-refractivity contribution in [2.45, 2.75) is 34.1 Å². The van der Waals surface area contributed by atoms with Crippen LogP contribution in [0.1, 0.15) is 34.1 Å². The fourth-order valence-electron chi connectivity index (χ4n) is 0.822. The van der Waals surface area contributed by atoms with Crippen LogP contribution in [0.2, 0.25) is 0 Å². The quantitative estimate of drug-likeness (QED) is 0.667. The highest BCUT2D eigenvalue weighted by Crippen LogP contribution is 2.17. The topological polar surface area (TPSA) is 46.6 Å². The van der Waals surface area contributed by atoms with E-state index in [9.17, 15) is 9.59 Å². The van der Waals surface area contributed by atoms with E-state index in [2.05, 4.69) is 20.8 Å². The van der Waals surface area contributed by atoms with Gasteiger partial charge in [-0.3, -0.25) is 9.59 Å². The van der Waals surface area contributed by atoms with E-state index in [1.807, 2.05) is 0 Å². The van der Waals surface area contributed by atoms with Gasteiger partial charge < -0.3 is 9.64 Å². The fourth-order valence-corrected chi connectivity index (χ4v) is 0.822. The van der Waals surface area contributed by atoms with Gasteiger partial charge in [0.1, 0.15) is 6.54 Å². The summed E-state index contributed by atoms with van der Waals surface area (Å²) in [6.45, 7) is 8.11. The number of esters is 1. The molecule has 88 valence electrons. The summed E-state index contributed by atoms with van der Waals surface area (Å²) in [6.07, 6.45) is 0.822. The summed E-state index contributed by atoms with van der Waals surface area (Å²) in [7, 11) is 1.58. The van der Waals surface area contributed by atoms with Gasteiger partial charge in [0.25, 0.3) is 0 Å². The van der Waals surface area contributed by atoms with Crippen LogP contribution in [0.4, 0.5) is 0 Å². The second kappa shape index (κ2) is 5.73. The molecule has 0 bridgehead atoms. The highest BCUT2D eigenvalue weighted by molar-refractivity contribution is 5.80. The van der Waals surface area contributed by atoms with E-state index in [0.717, 1.165) is 6.42 Å². The number of ether oxygens (including phenoxy) is 1. The Bertz CT molecular complexity index is 230. The Balaban J connectivity index is 3.72. The highest BCUT2D eigenvalue weighted by Gasteiger charge is 2.13. The average molecular weight is 215 g/mol. The molecule has 4 heteroatoms. The third-order valence-corrected chi connectivity index (χ3v) is 2.02. The van der Waals surface area contributed by atoms with E-state index < -0.39 is 0 Å². The maximum absolute atomic E-state index is 11.2. The number of nitrogens with zero attached hydrogens (tertiary/aromatic N) is 1. The monoisotopic (exact) mass is 215 g/mol. The van der Waals surface area contributed by atoms with E-state index in [-0.39, 0.29) is 23.8 Å². The van der Waals surface area contributed by atoms with Gasteiger partial charge in [0.05, 0.1) is 6.61 Å². The zero-order valence-electron chi connectivity index (χ0n) is 10.3. The Hall–Kier alpha value is -1.06. The molecule has 0 aromatic rings. The second-order valence-electron chi connectivity index (χ2n) is 4.91. The summed E-state index contributed by atoms with van der Waals surface area (Å²) in [5, 5.41) is 0. The SMILES string of the molecule is CC(=O)N(C)CC(=O)OCCC(C)(C)C. The van der Waals surface area contributed by atoms with Gasteiger partial charge in [-0.25, -0.2) is 0 Å². The number of rotatable bonds is 4. The molecule has 0 radical (unpaired) electrons. The molecule has 4 nitrogen and oxygen atoms in total. The van der Waals surface area contributed by atoms with Crippen molar-refractivity contribution in [2.24, 2.45) is 5.41 Å². The number of amides is 1. The van der Waals surface area contributed by atoms with Gasteiger partial charge in [-0.1, -0.05) is 20.8 Å². The number of carbonyl (C=O) groups is 2. The highest BCUT2D eigenvalue weighted by atomic mass is 16.5. The molecule has 15 heavy (non-hydrogen) atoms. The first kappa shape index (κ1) is 13.9. The lowest BCUT2D eigenvalue weighted by Gasteiger charge is -2.18. The molecular weight excluding hydrogens is 194 g/mol. The molecule has 0 aromatic heterocycles. The molecule has 0 unspecified atom stereocenters. The van der Waals surface area contributed by atoms with Gasteiger partial charge >= 0.3 is 5.97 Å². The maximum Gasteiger partial charge on any atom is 0.325 e. The van der Waals surface area contributed by atoms with Crippen molar-refractivity contribution in [3.8, 4) is 0 Å². The van der Waals surface area contributed by atoms with Crippen molar-refractivity contribution < 1.29 is 14.3 Å². The Morgan fingerprint density at radius 2 is 1.80 bits per heavy atom. The van der Waals surface area contributed by atoms with Crippen molar-refractivity contribution in [2.75, 3.05) is 20.2 Å². The molecule has 0 heterocycles. The smallest absolute Gasteiger partial charge is 0.325 e. The zero-order chi connectivity index (χ0) is 12.1. The minimum absolute atomic E-state index is 0.0273. The molecule has 0 fully saturated rings. The van der Waals surface area contributed by atoms with Crippen LogP contribution in [-0.4, -0.2) is 37.0 Å². The molecule has 0 N–H and O–H groups in total. The van der Waals surface area contributed by atoms with Crippen molar-refractivity contribution >= 4 is 11.9 Å². The van der Waals surface area contributed by atoms with Gasteiger partial charge in [0, 0.05) is 14.0 Å². The van der Waals surface area contributed by atoms with Crippen molar-refractivity contribution in [1.29, 1.82) is 0 Å². The van der Waals surface area contributed by atoms with E-state index in [4.69, 9.17) is 4.74 Å². The molecule has 1 amide bonds. The molecule has 0 rings (SSSR count). The maximum atomic E-state index is 11.2. The minimum Gasteiger partial charge on any atom is -0.464 e. The van der Waals surface area contributed by atoms with Gasteiger partial charge in [0.15, 0.2) is 0 Å². The van der Waals surface area contributed by atoms with Gasteiger partial charge in [0.2, 0.25) is 5.91 Å². The zero-order valence-corrected chi connectivity index (χ0v) is 10.3. The van der Waals surface area contributed by atoms with Crippen molar-refractivity contribution in [3.05, 3.63) is 0 Å². The van der Waals surface area contributed by atoms with E-state index in [1.165, 1.54) is 11.8 Å². The van der Waals surface area contributed by atoms with Crippen LogP contribution < -0.4 is 0 Å². The Labute approximate surface area is 91.6 Å². The first-order chi connectivity index (χ1) is 6.72. The Morgan fingerprint density at radius 3 is 2.20 bits per heavy atom. The molecule has 0 aliphatic carbocycles. The largest absolute Gasteiger partial charge is 0.464 e. The summed E-state index contributed by atoms with van der Waals surface area (Å²) >= 11 is 0. The fraction of sp³-hybridized carbons (Fsp3) is 0.818. The lowest BCUT2D eigenvalue weighted by atomic mass is 9.93. The Morgan fingerprint density at radius 1 is 1.27 bits per heavy atom. The van der Waals surface area contributed by atoms with Crippen molar-refractivity contribution in [1.82, 2.24) is 4.90 Å². The lowest BCUT2D eigenvalue weighted by Crippen LogP contribution is -2.31. The second-order valence-corrected chi connectivity index (χ2v) is 4.91. The summed E-state index contributed by atoms with van der Waals surface area (Å²) < 4.78 is 5.01. The molecule has 0 aliphatic heterocycles. The average Bonchev–Trinajstić information content (AvgIpc) is 2.01. The summed E-state index contributed by atoms with van der Waals surface area (Å²) in [6, 6.07) is 0. The van der Waals surface area contributed by atoms with E-state index in [1.54, 1.807) is 7.05 Å². The van der Waals surface area contributed by atoms with Crippen LogP contribution >= 0.6 is 0 Å². The van der Waals surface area contributed by atoms with E-state index >= 15 is 0 Å². The molecule has 0 saturated heterocycles. The first-order valence-corrected chi connectivity index (χ1v) is 5.10. The summed E-state index contributed by atoms with van der Waals surface area (Å²) in [5.41, 5.74) is 0.159. The molecule has 0 spiro atoms.